The van der Waals surface area contributed by atoms with E-state index in [1.54, 1.807) is 25.1 Å². The highest BCUT2D eigenvalue weighted by molar-refractivity contribution is 5.89. The molecule has 1 atom stereocenters. The highest BCUT2D eigenvalue weighted by atomic mass is 16.5. The Morgan fingerprint density at radius 2 is 2.15 bits per heavy atom. The lowest BCUT2D eigenvalue weighted by Gasteiger charge is -2.20. The molecule has 0 radical (unpaired) electrons. The maximum absolute atomic E-state index is 11.8. The van der Waals surface area contributed by atoms with Crippen LogP contribution in [-0.4, -0.2) is 54.2 Å². The fraction of sp³-hybridized carbons (Fsp3) is 0.389. The largest absolute Gasteiger partial charge is 0.484 e. The minimum absolute atomic E-state index is 0.204. The highest BCUT2D eigenvalue weighted by Gasteiger charge is 2.29. The number of aromatic amines is 1. The van der Waals surface area contributed by atoms with Gasteiger partial charge in [-0.05, 0) is 37.1 Å². The second kappa shape index (κ2) is 8.09. The molecule has 0 aliphatic carbocycles. The number of hydrogen-bond donors (Lipinski definition) is 4. The molecule has 0 bridgehead atoms. The molecule has 1 aromatic carbocycles. The summed E-state index contributed by atoms with van der Waals surface area (Å²) in [6.45, 7) is 2.07. The van der Waals surface area contributed by atoms with Gasteiger partial charge in [0.25, 0.3) is 5.91 Å². The Bertz CT molecular complexity index is 875. The van der Waals surface area contributed by atoms with Crippen LogP contribution in [0.15, 0.2) is 18.2 Å². The van der Waals surface area contributed by atoms with Crippen LogP contribution >= 0.6 is 0 Å². The van der Waals surface area contributed by atoms with Crippen molar-refractivity contribution in [3.63, 3.8) is 0 Å². The third kappa shape index (κ3) is 4.20. The van der Waals surface area contributed by atoms with E-state index in [0.717, 1.165) is 16.5 Å². The average Bonchev–Trinajstić information content (AvgIpc) is 3.02. The quantitative estimate of drug-likeness (QED) is 0.519. The van der Waals surface area contributed by atoms with Crippen LogP contribution in [0, 0.1) is 0 Å². The number of fused-ring (bicyclic) bond motifs is 3. The molecule has 1 unspecified atom stereocenters. The second-order valence-electron chi connectivity index (χ2n) is 6.07. The highest BCUT2D eigenvalue weighted by Crippen LogP contribution is 2.32. The zero-order valence-electron chi connectivity index (χ0n) is 14.8. The number of nitrogens with one attached hydrogen (secondary N) is 3. The van der Waals surface area contributed by atoms with Crippen molar-refractivity contribution >= 4 is 28.7 Å². The van der Waals surface area contributed by atoms with E-state index in [2.05, 4.69) is 15.6 Å². The van der Waals surface area contributed by atoms with Gasteiger partial charge in [-0.2, -0.15) is 0 Å². The van der Waals surface area contributed by atoms with E-state index in [1.807, 2.05) is 0 Å². The number of amides is 1. The molecule has 9 heteroatoms. The molecule has 4 N–H and O–H groups in total. The molecular formula is C18H21N3O6. The molecule has 0 saturated heterocycles. The number of carbonyl (C=O) groups is 3. The predicted octanol–water partition coefficient (Wildman–Crippen LogP) is 0.497. The summed E-state index contributed by atoms with van der Waals surface area (Å²) in [5, 5.41) is 15.6. The molecule has 1 aromatic heterocycles. The van der Waals surface area contributed by atoms with Crippen LogP contribution in [0.3, 0.4) is 0 Å². The van der Waals surface area contributed by atoms with Crippen molar-refractivity contribution in [3.8, 4) is 5.75 Å². The number of aliphatic carboxylic acids is 1. The number of hydrogen-bond acceptors (Lipinski definition) is 6. The van der Waals surface area contributed by atoms with E-state index in [1.165, 1.54) is 0 Å². The topological polar surface area (TPSA) is 130 Å². The number of carbonyl (C=O) groups excluding carboxylic acids is 2. The number of H-pyrrole nitrogens is 1. The van der Waals surface area contributed by atoms with Gasteiger partial charge < -0.3 is 24.9 Å². The van der Waals surface area contributed by atoms with Crippen molar-refractivity contribution in [2.45, 2.75) is 19.4 Å². The van der Waals surface area contributed by atoms with Gasteiger partial charge in [0.05, 0.1) is 6.61 Å². The van der Waals surface area contributed by atoms with E-state index in [0.29, 0.717) is 24.4 Å². The maximum Gasteiger partial charge on any atom is 0.326 e. The van der Waals surface area contributed by atoms with Gasteiger partial charge in [-0.3, -0.25) is 19.7 Å². The third-order valence-electron chi connectivity index (χ3n) is 4.27. The summed E-state index contributed by atoms with van der Waals surface area (Å²) in [7, 11) is 0. The van der Waals surface area contributed by atoms with Gasteiger partial charge in [0.15, 0.2) is 6.61 Å². The lowest BCUT2D eigenvalue weighted by Crippen LogP contribution is -2.34. The Morgan fingerprint density at radius 1 is 1.33 bits per heavy atom. The van der Waals surface area contributed by atoms with Crippen LogP contribution < -0.4 is 15.4 Å². The number of rotatable bonds is 7. The lowest BCUT2D eigenvalue weighted by molar-refractivity contribution is -0.143. The molecule has 1 amide bonds. The normalized spacial score (nSPS) is 15.8. The van der Waals surface area contributed by atoms with Crippen LogP contribution in [0.2, 0.25) is 0 Å². The minimum Gasteiger partial charge on any atom is -0.484 e. The van der Waals surface area contributed by atoms with Crippen LogP contribution in [0.4, 0.5) is 0 Å². The molecule has 3 rings (SSSR count). The molecule has 2 heterocycles. The van der Waals surface area contributed by atoms with Gasteiger partial charge in [0, 0.05) is 23.1 Å². The minimum atomic E-state index is -0.933. The van der Waals surface area contributed by atoms with Gasteiger partial charge in [0.2, 0.25) is 0 Å². The van der Waals surface area contributed by atoms with Gasteiger partial charge >= 0.3 is 11.9 Å². The van der Waals surface area contributed by atoms with Crippen LogP contribution in [0.25, 0.3) is 10.9 Å². The fourth-order valence-corrected chi connectivity index (χ4v) is 3.09. The predicted molar refractivity (Wildman–Crippen MR) is 95.5 cm³/mol. The van der Waals surface area contributed by atoms with Crippen LogP contribution in [-0.2, 0) is 25.5 Å². The van der Waals surface area contributed by atoms with E-state index in [9.17, 15) is 19.5 Å². The molecule has 9 nitrogen and oxygen atoms in total. The van der Waals surface area contributed by atoms with E-state index in [4.69, 9.17) is 9.47 Å². The molecule has 0 saturated carbocycles. The summed E-state index contributed by atoms with van der Waals surface area (Å²) >= 11 is 0. The molecular weight excluding hydrogens is 354 g/mol. The first-order chi connectivity index (χ1) is 13.0. The third-order valence-corrected chi connectivity index (χ3v) is 4.27. The number of ether oxygens (including phenoxy) is 2. The van der Waals surface area contributed by atoms with Crippen molar-refractivity contribution in [1.82, 2.24) is 15.6 Å². The van der Waals surface area contributed by atoms with Gasteiger partial charge in [-0.15, -0.1) is 0 Å². The van der Waals surface area contributed by atoms with Gasteiger partial charge in [0.1, 0.15) is 18.3 Å². The Morgan fingerprint density at radius 3 is 2.89 bits per heavy atom. The second-order valence-corrected chi connectivity index (χ2v) is 6.07. The van der Waals surface area contributed by atoms with E-state index in [-0.39, 0.29) is 19.8 Å². The van der Waals surface area contributed by atoms with Gasteiger partial charge in [-0.1, -0.05) is 0 Å². The first kappa shape index (κ1) is 18.7. The van der Waals surface area contributed by atoms with E-state index >= 15 is 0 Å². The number of benzene rings is 1. The summed E-state index contributed by atoms with van der Waals surface area (Å²) in [6, 6.07) is 4.51. The summed E-state index contributed by atoms with van der Waals surface area (Å²) in [4.78, 5) is 37.5. The molecule has 2 aromatic rings. The van der Waals surface area contributed by atoms with Crippen molar-refractivity contribution in [3.05, 3.63) is 29.5 Å². The Balaban J connectivity index is 1.67. The van der Waals surface area contributed by atoms with Crippen LogP contribution in [0.1, 0.15) is 24.2 Å². The SMILES string of the molecule is CCOC(=O)CNC(=O)COc1ccc2[nH]c3c(c2c1)CCNC3C(=O)O. The zero-order chi connectivity index (χ0) is 19.4. The Kier molecular flexibility index (Phi) is 5.60. The Hall–Kier alpha value is -3.07. The summed E-state index contributed by atoms with van der Waals surface area (Å²) in [5.74, 6) is -1.39. The van der Waals surface area contributed by atoms with Crippen molar-refractivity contribution in [2.75, 3.05) is 26.3 Å². The molecule has 144 valence electrons. The number of esters is 1. The number of carboxylic acids is 1. The first-order valence-electron chi connectivity index (χ1n) is 8.65. The standard InChI is InChI=1S/C18H21N3O6/c1-2-26-15(23)8-20-14(22)9-27-10-3-4-13-12(7-10)11-5-6-19-17(18(24)25)16(11)21-13/h3-4,7,17,19,21H,2,5-6,8-9H2,1H3,(H,20,22)(H,24,25). The summed E-state index contributed by atoms with van der Waals surface area (Å²) < 4.78 is 10.2. The number of aromatic nitrogens is 1. The van der Waals surface area contributed by atoms with Crippen molar-refractivity contribution < 1.29 is 29.0 Å². The first-order valence-corrected chi connectivity index (χ1v) is 8.65. The average molecular weight is 375 g/mol. The summed E-state index contributed by atoms with van der Waals surface area (Å²) in [6.07, 6.45) is 0.697. The zero-order valence-corrected chi connectivity index (χ0v) is 14.8. The molecule has 1 aliphatic rings. The maximum atomic E-state index is 11.8. The van der Waals surface area contributed by atoms with Gasteiger partial charge in [-0.25, -0.2) is 0 Å². The Labute approximate surface area is 155 Å². The number of carboxylic acid groups (broad SMARTS) is 1. The molecule has 1 aliphatic heterocycles. The van der Waals surface area contributed by atoms with Crippen LogP contribution in [0.5, 0.6) is 5.75 Å². The van der Waals surface area contributed by atoms with Crippen molar-refractivity contribution in [2.24, 2.45) is 0 Å². The fourth-order valence-electron chi connectivity index (χ4n) is 3.09. The van der Waals surface area contributed by atoms with Crippen molar-refractivity contribution in [1.29, 1.82) is 0 Å². The molecule has 27 heavy (non-hydrogen) atoms. The smallest absolute Gasteiger partial charge is 0.326 e. The monoisotopic (exact) mass is 375 g/mol. The molecule has 0 spiro atoms. The summed E-state index contributed by atoms with van der Waals surface area (Å²) in [5.41, 5.74) is 2.40. The van der Waals surface area contributed by atoms with E-state index < -0.39 is 23.9 Å². The molecule has 0 fully saturated rings. The lowest BCUT2D eigenvalue weighted by atomic mass is 9.99.